The Morgan fingerprint density at radius 1 is 1.26 bits per heavy atom. The topological polar surface area (TPSA) is 67.9 Å². The zero-order chi connectivity index (χ0) is 16.7. The number of unbranched alkanes of at least 4 members (excludes halogenated alkanes) is 1. The van der Waals surface area contributed by atoms with Gasteiger partial charge in [0.2, 0.25) is 18.6 Å². The number of ether oxygens (including phenoxy) is 2. The van der Waals surface area contributed by atoms with Crippen LogP contribution in [0.5, 0.6) is 11.5 Å². The fourth-order valence-electron chi connectivity index (χ4n) is 2.36. The van der Waals surface area contributed by atoms with Gasteiger partial charge in [0.15, 0.2) is 11.5 Å². The van der Waals surface area contributed by atoms with Crippen LogP contribution in [0.3, 0.4) is 0 Å². The molecule has 0 bridgehead atoms. The lowest BCUT2D eigenvalue weighted by Gasteiger charge is -2.21. The largest absolute Gasteiger partial charge is 0.454 e. The average Bonchev–Trinajstić information content (AvgIpc) is 2.99. The van der Waals surface area contributed by atoms with Crippen molar-refractivity contribution in [3.05, 3.63) is 23.8 Å². The Morgan fingerprint density at radius 2 is 2.04 bits per heavy atom. The maximum absolute atomic E-state index is 11.8. The molecule has 2 amide bonds. The zero-order valence-corrected chi connectivity index (χ0v) is 13.8. The first-order chi connectivity index (χ1) is 11.1. The van der Waals surface area contributed by atoms with E-state index in [2.05, 4.69) is 12.2 Å². The van der Waals surface area contributed by atoms with E-state index in [-0.39, 0.29) is 18.6 Å². The Bertz CT molecular complexity index is 560. The number of amides is 2. The molecule has 0 aromatic heterocycles. The fraction of sp³-hybridized carbons (Fsp3) is 0.529. The van der Waals surface area contributed by atoms with Crippen molar-refractivity contribution in [3.63, 3.8) is 0 Å². The summed E-state index contributed by atoms with van der Waals surface area (Å²) in [5.41, 5.74) is 0.974. The maximum atomic E-state index is 11.8. The molecule has 126 valence electrons. The fourth-order valence-corrected chi connectivity index (χ4v) is 2.36. The third-order valence-electron chi connectivity index (χ3n) is 3.72. The summed E-state index contributed by atoms with van der Waals surface area (Å²) in [6.45, 7) is 5.26. The van der Waals surface area contributed by atoms with Crippen LogP contribution in [-0.2, 0) is 16.1 Å². The summed E-state index contributed by atoms with van der Waals surface area (Å²) in [5.74, 6) is 1.45. The smallest absolute Gasteiger partial charge is 0.231 e. The lowest BCUT2D eigenvalue weighted by molar-refractivity contribution is -0.130. The number of nitrogens with zero attached hydrogens (tertiary/aromatic N) is 1. The second kappa shape index (κ2) is 8.41. The van der Waals surface area contributed by atoms with E-state index in [9.17, 15) is 9.59 Å². The highest BCUT2D eigenvalue weighted by molar-refractivity contribution is 5.76. The minimum Gasteiger partial charge on any atom is -0.454 e. The normalized spacial score (nSPS) is 12.1. The predicted molar refractivity (Wildman–Crippen MR) is 86.2 cm³/mol. The lowest BCUT2D eigenvalue weighted by Crippen LogP contribution is -2.37. The first-order valence-corrected chi connectivity index (χ1v) is 8.01. The Labute approximate surface area is 136 Å². The number of nitrogens with one attached hydrogen (secondary N) is 1. The number of fused-ring (bicyclic) bond motifs is 1. The molecular weight excluding hydrogens is 296 g/mol. The number of carbonyl (C=O) groups excluding carboxylic acids is 2. The van der Waals surface area contributed by atoms with E-state index in [1.807, 2.05) is 18.2 Å². The first-order valence-electron chi connectivity index (χ1n) is 8.01. The molecule has 23 heavy (non-hydrogen) atoms. The van der Waals surface area contributed by atoms with Crippen molar-refractivity contribution >= 4 is 11.8 Å². The highest BCUT2D eigenvalue weighted by Gasteiger charge is 2.15. The van der Waals surface area contributed by atoms with Crippen LogP contribution in [0.25, 0.3) is 0 Å². The van der Waals surface area contributed by atoms with E-state index in [1.165, 1.54) is 6.92 Å². The van der Waals surface area contributed by atoms with Gasteiger partial charge in [-0.25, -0.2) is 0 Å². The molecule has 0 unspecified atom stereocenters. The quantitative estimate of drug-likeness (QED) is 0.796. The van der Waals surface area contributed by atoms with Crippen molar-refractivity contribution in [2.45, 2.75) is 39.7 Å². The number of benzene rings is 1. The molecule has 0 saturated heterocycles. The number of hydrogen-bond acceptors (Lipinski definition) is 4. The molecule has 1 aromatic rings. The van der Waals surface area contributed by atoms with Gasteiger partial charge in [-0.1, -0.05) is 19.4 Å². The molecule has 0 radical (unpaired) electrons. The standard InChI is InChI=1S/C17H24N2O4/c1-3-4-5-17(21)18-8-9-19(13(2)20)11-14-6-7-15-16(10-14)23-12-22-15/h6-7,10H,3-5,8-9,11-12H2,1-2H3,(H,18,21). The van der Waals surface area contributed by atoms with Gasteiger partial charge in [0, 0.05) is 33.0 Å². The number of carbonyl (C=O) groups is 2. The minimum atomic E-state index is -0.0227. The van der Waals surface area contributed by atoms with E-state index in [4.69, 9.17) is 9.47 Å². The van der Waals surface area contributed by atoms with Crippen LogP contribution in [0.15, 0.2) is 18.2 Å². The minimum absolute atomic E-state index is 0.0227. The summed E-state index contributed by atoms with van der Waals surface area (Å²) in [7, 11) is 0. The second-order valence-electron chi connectivity index (χ2n) is 5.58. The summed E-state index contributed by atoms with van der Waals surface area (Å²) in [5, 5.41) is 2.85. The molecule has 1 aliphatic rings. The van der Waals surface area contributed by atoms with Gasteiger partial charge < -0.3 is 19.7 Å². The summed E-state index contributed by atoms with van der Waals surface area (Å²) >= 11 is 0. The van der Waals surface area contributed by atoms with Crippen molar-refractivity contribution in [1.29, 1.82) is 0 Å². The molecule has 6 nitrogen and oxygen atoms in total. The molecule has 0 aliphatic carbocycles. The Morgan fingerprint density at radius 3 is 2.78 bits per heavy atom. The van der Waals surface area contributed by atoms with Crippen molar-refractivity contribution < 1.29 is 19.1 Å². The maximum Gasteiger partial charge on any atom is 0.231 e. The van der Waals surface area contributed by atoms with Crippen LogP contribution in [0.1, 0.15) is 38.7 Å². The van der Waals surface area contributed by atoms with Gasteiger partial charge in [0.05, 0.1) is 0 Å². The van der Waals surface area contributed by atoms with E-state index >= 15 is 0 Å². The SMILES string of the molecule is CCCCC(=O)NCCN(Cc1ccc2c(c1)OCO2)C(C)=O. The van der Waals surface area contributed by atoms with Gasteiger partial charge in [-0.2, -0.15) is 0 Å². The summed E-state index contributed by atoms with van der Waals surface area (Å²) in [6, 6.07) is 5.66. The molecule has 0 atom stereocenters. The predicted octanol–water partition coefficient (Wildman–Crippen LogP) is 2.07. The highest BCUT2D eigenvalue weighted by atomic mass is 16.7. The average molecular weight is 320 g/mol. The molecule has 0 fully saturated rings. The van der Waals surface area contributed by atoms with Crippen LogP contribution < -0.4 is 14.8 Å². The summed E-state index contributed by atoms with van der Waals surface area (Å²) < 4.78 is 10.6. The van der Waals surface area contributed by atoms with Crippen molar-refractivity contribution in [1.82, 2.24) is 10.2 Å². The van der Waals surface area contributed by atoms with E-state index in [0.717, 1.165) is 24.2 Å². The van der Waals surface area contributed by atoms with Gasteiger partial charge in [0.25, 0.3) is 0 Å². The molecule has 1 aromatic carbocycles. The number of rotatable bonds is 8. The Balaban J connectivity index is 1.84. The van der Waals surface area contributed by atoms with E-state index < -0.39 is 0 Å². The molecule has 1 heterocycles. The van der Waals surface area contributed by atoms with E-state index in [1.54, 1.807) is 4.90 Å². The molecule has 0 saturated carbocycles. The summed E-state index contributed by atoms with van der Waals surface area (Å²) in [6.07, 6.45) is 2.43. The third kappa shape index (κ3) is 5.16. The van der Waals surface area contributed by atoms with Crippen LogP contribution in [0, 0.1) is 0 Å². The van der Waals surface area contributed by atoms with Crippen LogP contribution >= 0.6 is 0 Å². The molecule has 1 N–H and O–H groups in total. The van der Waals surface area contributed by atoms with Crippen molar-refractivity contribution in [2.24, 2.45) is 0 Å². The second-order valence-corrected chi connectivity index (χ2v) is 5.58. The van der Waals surface area contributed by atoms with E-state index in [0.29, 0.717) is 31.8 Å². The van der Waals surface area contributed by atoms with Gasteiger partial charge in [-0.3, -0.25) is 9.59 Å². The third-order valence-corrected chi connectivity index (χ3v) is 3.72. The molecule has 1 aliphatic heterocycles. The van der Waals surface area contributed by atoms with Crippen molar-refractivity contribution in [3.8, 4) is 11.5 Å². The lowest BCUT2D eigenvalue weighted by atomic mass is 10.2. The van der Waals surface area contributed by atoms with Crippen LogP contribution in [0.4, 0.5) is 0 Å². The Kier molecular flexibility index (Phi) is 6.26. The van der Waals surface area contributed by atoms with Gasteiger partial charge in [0.1, 0.15) is 0 Å². The van der Waals surface area contributed by atoms with Gasteiger partial charge in [-0.05, 0) is 24.1 Å². The molecular formula is C17H24N2O4. The van der Waals surface area contributed by atoms with Gasteiger partial charge in [-0.15, -0.1) is 0 Å². The summed E-state index contributed by atoms with van der Waals surface area (Å²) in [4.78, 5) is 25.1. The zero-order valence-electron chi connectivity index (χ0n) is 13.8. The number of hydrogen-bond donors (Lipinski definition) is 1. The van der Waals surface area contributed by atoms with Crippen LogP contribution in [-0.4, -0.2) is 36.6 Å². The van der Waals surface area contributed by atoms with Crippen molar-refractivity contribution in [2.75, 3.05) is 19.9 Å². The van der Waals surface area contributed by atoms with Gasteiger partial charge >= 0.3 is 0 Å². The van der Waals surface area contributed by atoms with Crippen LogP contribution in [0.2, 0.25) is 0 Å². The highest BCUT2D eigenvalue weighted by Crippen LogP contribution is 2.32. The molecule has 0 spiro atoms. The molecule has 2 rings (SSSR count). The first kappa shape index (κ1) is 17.1. The Hall–Kier alpha value is -2.24. The monoisotopic (exact) mass is 320 g/mol. The molecule has 6 heteroatoms.